The Morgan fingerprint density at radius 1 is 1.31 bits per heavy atom. The molecule has 1 aliphatic carbocycles. The van der Waals surface area contributed by atoms with Crippen molar-refractivity contribution in [3.05, 3.63) is 52.3 Å². The Morgan fingerprint density at radius 3 is 2.92 bits per heavy atom. The smallest absolute Gasteiger partial charge is 0.229 e. The van der Waals surface area contributed by atoms with E-state index in [0.717, 1.165) is 24.8 Å². The molecule has 1 aromatic carbocycles. The number of hydrogen-bond donors (Lipinski definition) is 1. The monoisotopic (exact) mass is 371 g/mol. The zero-order valence-corrected chi connectivity index (χ0v) is 15.6. The van der Waals surface area contributed by atoms with Crippen molar-refractivity contribution in [1.82, 2.24) is 9.97 Å². The third-order valence-electron chi connectivity index (χ3n) is 4.62. The number of halogens is 1. The van der Waals surface area contributed by atoms with Crippen LogP contribution in [-0.4, -0.2) is 21.7 Å². The molecule has 136 valence electrons. The summed E-state index contributed by atoms with van der Waals surface area (Å²) in [4.78, 5) is 33.0. The van der Waals surface area contributed by atoms with E-state index in [-0.39, 0.29) is 23.6 Å². The number of anilines is 1. The van der Waals surface area contributed by atoms with Crippen molar-refractivity contribution in [3.8, 4) is 0 Å². The van der Waals surface area contributed by atoms with Crippen LogP contribution in [0.4, 0.5) is 5.95 Å². The summed E-state index contributed by atoms with van der Waals surface area (Å²) in [5.41, 5.74) is 2.26. The SMILES string of the molecule is CCCCCC(=O)Nc1ncc2c(n1)C[C@H](c1cccc(Cl)c1)CC2=O. The Kier molecular flexibility index (Phi) is 5.99. The molecule has 0 unspecified atom stereocenters. The van der Waals surface area contributed by atoms with Crippen LogP contribution in [0.1, 0.15) is 66.6 Å². The van der Waals surface area contributed by atoms with E-state index in [9.17, 15) is 9.59 Å². The highest BCUT2D eigenvalue weighted by atomic mass is 35.5. The zero-order chi connectivity index (χ0) is 18.5. The van der Waals surface area contributed by atoms with E-state index in [4.69, 9.17) is 11.6 Å². The van der Waals surface area contributed by atoms with Gasteiger partial charge in [-0.2, -0.15) is 0 Å². The number of ketones is 1. The highest BCUT2D eigenvalue weighted by molar-refractivity contribution is 6.30. The molecule has 26 heavy (non-hydrogen) atoms. The van der Waals surface area contributed by atoms with Crippen LogP contribution in [0.25, 0.3) is 0 Å². The Morgan fingerprint density at radius 2 is 2.15 bits per heavy atom. The summed E-state index contributed by atoms with van der Waals surface area (Å²) in [5.74, 6) is 0.241. The van der Waals surface area contributed by atoms with Gasteiger partial charge < -0.3 is 0 Å². The largest absolute Gasteiger partial charge is 0.295 e. The van der Waals surface area contributed by atoms with Crippen LogP contribution in [0, 0.1) is 0 Å². The minimum Gasteiger partial charge on any atom is -0.295 e. The third kappa shape index (κ3) is 4.47. The van der Waals surface area contributed by atoms with Gasteiger partial charge in [0.05, 0.1) is 11.3 Å². The summed E-state index contributed by atoms with van der Waals surface area (Å²) in [6.07, 6.45) is 5.97. The van der Waals surface area contributed by atoms with Crippen LogP contribution < -0.4 is 5.32 Å². The molecule has 1 aromatic heterocycles. The van der Waals surface area contributed by atoms with Crippen LogP contribution in [0.5, 0.6) is 0 Å². The van der Waals surface area contributed by atoms with Gasteiger partial charge in [0.2, 0.25) is 11.9 Å². The molecule has 0 radical (unpaired) electrons. The van der Waals surface area contributed by atoms with Crippen LogP contribution in [0.2, 0.25) is 5.02 Å². The van der Waals surface area contributed by atoms with Crippen molar-refractivity contribution in [2.45, 2.75) is 51.4 Å². The van der Waals surface area contributed by atoms with Gasteiger partial charge in [-0.05, 0) is 36.5 Å². The van der Waals surface area contributed by atoms with E-state index < -0.39 is 0 Å². The quantitative estimate of drug-likeness (QED) is 0.755. The van der Waals surface area contributed by atoms with Crippen LogP contribution in [0.15, 0.2) is 30.5 Å². The molecule has 0 bridgehead atoms. The van der Waals surface area contributed by atoms with E-state index in [1.165, 1.54) is 6.20 Å². The van der Waals surface area contributed by atoms with Crippen molar-refractivity contribution < 1.29 is 9.59 Å². The molecule has 2 aromatic rings. The summed E-state index contributed by atoms with van der Waals surface area (Å²) in [6, 6.07) is 7.58. The Bertz CT molecular complexity index is 822. The van der Waals surface area contributed by atoms with Crippen molar-refractivity contribution in [2.24, 2.45) is 0 Å². The minimum atomic E-state index is -0.0908. The maximum Gasteiger partial charge on any atom is 0.229 e. The molecule has 0 aliphatic heterocycles. The van der Waals surface area contributed by atoms with E-state index in [2.05, 4.69) is 22.2 Å². The number of amides is 1. The predicted octanol–water partition coefficient (Wildman–Crippen LogP) is 4.56. The second-order valence-corrected chi connectivity index (χ2v) is 7.08. The summed E-state index contributed by atoms with van der Waals surface area (Å²) < 4.78 is 0. The molecule has 5 nitrogen and oxygen atoms in total. The molecule has 0 saturated heterocycles. The van der Waals surface area contributed by atoms with Gasteiger partial charge >= 0.3 is 0 Å². The summed E-state index contributed by atoms with van der Waals surface area (Å²) in [6.45, 7) is 2.10. The molecule has 1 amide bonds. The standard InChI is InChI=1S/C20H22ClN3O2/c1-2-3-4-8-19(26)24-20-22-12-16-17(23-20)10-14(11-18(16)25)13-6-5-7-15(21)9-13/h5-7,9,12,14H,2-4,8,10-11H2,1H3,(H,22,23,24,26)/t14-/m0/s1. The normalized spacial score (nSPS) is 16.2. The lowest BCUT2D eigenvalue weighted by atomic mass is 9.82. The fourth-order valence-electron chi connectivity index (χ4n) is 3.22. The summed E-state index contributed by atoms with van der Waals surface area (Å²) >= 11 is 6.08. The number of nitrogens with one attached hydrogen (secondary N) is 1. The number of rotatable bonds is 6. The first-order valence-corrected chi connectivity index (χ1v) is 9.39. The molecule has 3 rings (SSSR count). The maximum absolute atomic E-state index is 12.5. The van der Waals surface area contributed by atoms with Crippen LogP contribution in [-0.2, 0) is 11.2 Å². The van der Waals surface area contributed by atoms with Gasteiger partial charge in [0.1, 0.15) is 0 Å². The number of nitrogens with zero attached hydrogens (tertiary/aromatic N) is 2. The predicted molar refractivity (Wildman–Crippen MR) is 102 cm³/mol. The minimum absolute atomic E-state index is 0.0250. The molecule has 0 spiro atoms. The van der Waals surface area contributed by atoms with Gasteiger partial charge in [-0.3, -0.25) is 14.9 Å². The fourth-order valence-corrected chi connectivity index (χ4v) is 3.42. The number of Topliss-reactive ketones (excluding diaryl/α,β-unsaturated/α-hetero) is 1. The topological polar surface area (TPSA) is 72.0 Å². The maximum atomic E-state index is 12.5. The Labute approximate surface area is 158 Å². The first kappa shape index (κ1) is 18.5. The van der Waals surface area contributed by atoms with Crippen LogP contribution in [0.3, 0.4) is 0 Å². The molecular formula is C20H22ClN3O2. The average Bonchev–Trinajstić information content (AvgIpc) is 2.61. The lowest BCUT2D eigenvalue weighted by molar-refractivity contribution is -0.116. The van der Waals surface area contributed by atoms with Crippen molar-refractivity contribution >= 4 is 29.2 Å². The molecule has 1 aliphatic rings. The number of benzene rings is 1. The van der Waals surface area contributed by atoms with E-state index >= 15 is 0 Å². The van der Waals surface area contributed by atoms with Crippen molar-refractivity contribution in [1.29, 1.82) is 0 Å². The van der Waals surface area contributed by atoms with E-state index in [1.807, 2.05) is 24.3 Å². The second kappa shape index (κ2) is 8.41. The molecule has 0 fully saturated rings. The second-order valence-electron chi connectivity index (χ2n) is 6.64. The molecule has 1 N–H and O–H groups in total. The molecule has 0 saturated carbocycles. The number of carbonyl (C=O) groups is 2. The molecular weight excluding hydrogens is 350 g/mol. The third-order valence-corrected chi connectivity index (χ3v) is 4.85. The summed E-state index contributed by atoms with van der Waals surface area (Å²) in [5, 5.41) is 3.39. The highest BCUT2D eigenvalue weighted by Crippen LogP contribution is 2.32. The van der Waals surface area contributed by atoms with Gasteiger partial charge in [0.15, 0.2) is 5.78 Å². The van der Waals surface area contributed by atoms with Gasteiger partial charge in [-0.1, -0.05) is 43.5 Å². The van der Waals surface area contributed by atoms with Gasteiger partial charge in [0, 0.05) is 24.1 Å². The highest BCUT2D eigenvalue weighted by Gasteiger charge is 2.28. The van der Waals surface area contributed by atoms with Gasteiger partial charge in [-0.25, -0.2) is 9.97 Å². The number of carbonyl (C=O) groups excluding carboxylic acids is 2. The lowest BCUT2D eigenvalue weighted by Crippen LogP contribution is -2.22. The number of unbranched alkanes of at least 4 members (excludes halogenated alkanes) is 2. The van der Waals surface area contributed by atoms with Crippen molar-refractivity contribution in [2.75, 3.05) is 5.32 Å². The van der Waals surface area contributed by atoms with Crippen molar-refractivity contribution in [3.63, 3.8) is 0 Å². The molecule has 6 heteroatoms. The lowest BCUT2D eigenvalue weighted by Gasteiger charge is -2.23. The first-order valence-electron chi connectivity index (χ1n) is 9.01. The number of hydrogen-bond acceptors (Lipinski definition) is 4. The number of fused-ring (bicyclic) bond motifs is 1. The molecule has 1 heterocycles. The Hall–Kier alpha value is -2.27. The zero-order valence-electron chi connectivity index (χ0n) is 14.8. The average molecular weight is 372 g/mol. The fraction of sp³-hybridized carbons (Fsp3) is 0.400. The Balaban J connectivity index is 1.75. The van der Waals surface area contributed by atoms with E-state index in [1.54, 1.807) is 0 Å². The van der Waals surface area contributed by atoms with Gasteiger partial charge in [-0.15, -0.1) is 0 Å². The van der Waals surface area contributed by atoms with E-state index in [0.29, 0.717) is 35.5 Å². The number of aromatic nitrogens is 2. The summed E-state index contributed by atoms with van der Waals surface area (Å²) in [7, 11) is 0. The first-order chi connectivity index (χ1) is 12.6. The molecule has 1 atom stereocenters. The van der Waals surface area contributed by atoms with Crippen LogP contribution >= 0.6 is 11.6 Å². The van der Waals surface area contributed by atoms with Gasteiger partial charge in [0.25, 0.3) is 0 Å².